The number of amides is 2. The van der Waals surface area contributed by atoms with Crippen LogP contribution < -0.4 is 9.62 Å². The van der Waals surface area contributed by atoms with Crippen LogP contribution in [0.1, 0.15) is 38.3 Å². The summed E-state index contributed by atoms with van der Waals surface area (Å²) in [7, 11) is -3.75. The molecule has 33 heavy (non-hydrogen) atoms. The van der Waals surface area contributed by atoms with Crippen molar-refractivity contribution in [2.24, 2.45) is 0 Å². The molecule has 2 amide bonds. The number of hydrogen-bond donors (Lipinski definition) is 1. The number of carbonyl (C=O) groups excluding carboxylic acids is 2. The summed E-state index contributed by atoms with van der Waals surface area (Å²) in [4.78, 5) is 27.6. The zero-order chi connectivity index (χ0) is 24.6. The maximum absolute atomic E-state index is 13.5. The Labute approximate surface area is 201 Å². The van der Waals surface area contributed by atoms with Gasteiger partial charge in [-0.3, -0.25) is 13.9 Å². The van der Waals surface area contributed by atoms with Crippen molar-refractivity contribution in [2.75, 3.05) is 23.7 Å². The normalized spacial score (nSPS) is 12.2. The molecule has 0 radical (unpaired) electrons. The Hall–Kier alpha value is -2.58. The molecule has 0 aliphatic carbocycles. The highest BCUT2D eigenvalue weighted by atomic mass is 35.5. The van der Waals surface area contributed by atoms with Crippen LogP contribution in [0.5, 0.6) is 0 Å². The summed E-state index contributed by atoms with van der Waals surface area (Å²) >= 11 is 5.98. The van der Waals surface area contributed by atoms with Crippen molar-refractivity contribution < 1.29 is 18.0 Å². The van der Waals surface area contributed by atoms with Crippen molar-refractivity contribution in [3.05, 3.63) is 64.7 Å². The molecule has 2 rings (SSSR count). The topological polar surface area (TPSA) is 86.8 Å². The Bertz CT molecular complexity index is 1060. The van der Waals surface area contributed by atoms with E-state index in [1.165, 1.54) is 4.90 Å². The van der Waals surface area contributed by atoms with Crippen LogP contribution in [-0.4, -0.2) is 50.5 Å². The zero-order valence-electron chi connectivity index (χ0n) is 19.5. The van der Waals surface area contributed by atoms with Gasteiger partial charge in [-0.15, -0.1) is 0 Å². The van der Waals surface area contributed by atoms with Gasteiger partial charge in [-0.2, -0.15) is 0 Å². The highest BCUT2D eigenvalue weighted by molar-refractivity contribution is 7.92. The lowest BCUT2D eigenvalue weighted by Crippen LogP contribution is -2.51. The Morgan fingerprint density at radius 1 is 1.06 bits per heavy atom. The summed E-state index contributed by atoms with van der Waals surface area (Å²) in [5, 5.41) is 3.37. The summed E-state index contributed by atoms with van der Waals surface area (Å²) < 4.78 is 26.4. The first-order chi connectivity index (χ1) is 15.6. The number of carbonyl (C=O) groups is 2. The molecule has 9 heteroatoms. The summed E-state index contributed by atoms with van der Waals surface area (Å²) in [6, 6.07) is 13.3. The molecule has 0 unspecified atom stereocenters. The van der Waals surface area contributed by atoms with Gasteiger partial charge in [-0.1, -0.05) is 55.8 Å². The maximum atomic E-state index is 13.5. The van der Waals surface area contributed by atoms with Crippen LogP contribution in [0.4, 0.5) is 5.69 Å². The predicted molar refractivity (Wildman–Crippen MR) is 133 cm³/mol. The minimum atomic E-state index is -3.75. The zero-order valence-corrected chi connectivity index (χ0v) is 21.1. The summed E-state index contributed by atoms with van der Waals surface area (Å²) in [6.07, 6.45) is 2.45. The van der Waals surface area contributed by atoms with Gasteiger partial charge in [0.25, 0.3) is 0 Å². The minimum absolute atomic E-state index is 0.143. The number of rotatable bonds is 11. The van der Waals surface area contributed by atoms with Crippen LogP contribution in [0, 0.1) is 0 Å². The van der Waals surface area contributed by atoms with Crippen molar-refractivity contribution >= 4 is 39.1 Å². The quantitative estimate of drug-likeness (QED) is 0.518. The van der Waals surface area contributed by atoms with E-state index in [9.17, 15) is 18.0 Å². The second-order valence-corrected chi connectivity index (χ2v) is 10.2. The molecule has 0 saturated heterocycles. The minimum Gasteiger partial charge on any atom is -0.354 e. The van der Waals surface area contributed by atoms with Gasteiger partial charge in [0.2, 0.25) is 21.8 Å². The second kappa shape index (κ2) is 12.0. The van der Waals surface area contributed by atoms with Crippen LogP contribution in [0.25, 0.3) is 0 Å². The lowest BCUT2D eigenvalue weighted by atomic mass is 10.1. The fourth-order valence-electron chi connectivity index (χ4n) is 3.41. The average molecular weight is 494 g/mol. The van der Waals surface area contributed by atoms with Crippen LogP contribution in [0.15, 0.2) is 48.5 Å². The summed E-state index contributed by atoms with van der Waals surface area (Å²) in [5.74, 6) is -0.764. The third-order valence-corrected chi connectivity index (χ3v) is 6.68. The number of sulfonamides is 1. The van der Waals surface area contributed by atoms with Crippen LogP contribution in [0.2, 0.25) is 5.02 Å². The summed E-state index contributed by atoms with van der Waals surface area (Å²) in [6.45, 7) is 5.73. The van der Waals surface area contributed by atoms with Gasteiger partial charge < -0.3 is 10.2 Å². The Kier molecular flexibility index (Phi) is 9.73. The lowest BCUT2D eigenvalue weighted by Gasteiger charge is -2.32. The molecule has 2 aromatic rings. The largest absolute Gasteiger partial charge is 0.354 e. The Balaban J connectivity index is 2.39. The maximum Gasteiger partial charge on any atom is 0.244 e. The number of hydrogen-bond acceptors (Lipinski definition) is 4. The molecular weight excluding hydrogens is 462 g/mol. The molecule has 0 aromatic heterocycles. The molecule has 0 bridgehead atoms. The van der Waals surface area contributed by atoms with E-state index in [1.54, 1.807) is 43.3 Å². The molecule has 1 N–H and O–H groups in total. The molecule has 0 fully saturated rings. The fourth-order valence-corrected chi connectivity index (χ4v) is 4.42. The first kappa shape index (κ1) is 26.7. The number of para-hydroxylation sites is 1. The van der Waals surface area contributed by atoms with E-state index in [1.807, 2.05) is 26.0 Å². The van der Waals surface area contributed by atoms with E-state index >= 15 is 0 Å². The number of benzene rings is 2. The molecule has 2 aromatic carbocycles. The molecular formula is C24H32ClN3O4S. The molecule has 1 atom stereocenters. The van der Waals surface area contributed by atoms with Crippen LogP contribution >= 0.6 is 11.6 Å². The van der Waals surface area contributed by atoms with E-state index in [4.69, 9.17) is 11.6 Å². The number of anilines is 1. The highest BCUT2D eigenvalue weighted by Crippen LogP contribution is 2.24. The number of nitrogens with one attached hydrogen (secondary N) is 1. The number of aryl methyl sites for hydroxylation is 1. The van der Waals surface area contributed by atoms with Gasteiger partial charge >= 0.3 is 0 Å². The monoisotopic (exact) mass is 493 g/mol. The smallest absolute Gasteiger partial charge is 0.244 e. The van der Waals surface area contributed by atoms with E-state index in [0.717, 1.165) is 28.1 Å². The van der Waals surface area contributed by atoms with Crippen molar-refractivity contribution in [3.63, 3.8) is 0 Å². The Morgan fingerprint density at radius 3 is 2.27 bits per heavy atom. The SMILES string of the molecule is CCCNC(=O)[C@H](C)N(Cc1ccc(Cl)cc1)C(=O)CN(c1ccccc1CC)S(C)(=O)=O. The molecule has 0 spiro atoms. The highest BCUT2D eigenvalue weighted by Gasteiger charge is 2.30. The van der Waals surface area contributed by atoms with E-state index < -0.39 is 28.5 Å². The van der Waals surface area contributed by atoms with Gasteiger partial charge in [0, 0.05) is 18.1 Å². The molecule has 180 valence electrons. The third kappa shape index (κ3) is 7.47. The molecule has 0 aliphatic heterocycles. The fraction of sp³-hybridized carbons (Fsp3) is 0.417. The first-order valence-electron chi connectivity index (χ1n) is 11.0. The van der Waals surface area contributed by atoms with Crippen LogP contribution in [0.3, 0.4) is 0 Å². The molecule has 7 nitrogen and oxygen atoms in total. The van der Waals surface area contributed by atoms with Gasteiger partial charge in [0.1, 0.15) is 12.6 Å². The second-order valence-electron chi connectivity index (χ2n) is 7.87. The van der Waals surface area contributed by atoms with Gasteiger partial charge in [0.15, 0.2) is 0 Å². The number of nitrogens with zero attached hydrogens (tertiary/aromatic N) is 2. The van der Waals surface area contributed by atoms with Gasteiger partial charge in [-0.25, -0.2) is 8.42 Å². The van der Waals surface area contributed by atoms with Crippen molar-refractivity contribution in [1.82, 2.24) is 10.2 Å². The van der Waals surface area contributed by atoms with E-state index in [0.29, 0.717) is 23.7 Å². The summed E-state index contributed by atoms with van der Waals surface area (Å²) in [5.41, 5.74) is 2.06. The third-order valence-electron chi connectivity index (χ3n) is 5.30. The molecule has 0 aliphatic rings. The predicted octanol–water partition coefficient (Wildman–Crippen LogP) is 3.61. The van der Waals surface area contributed by atoms with E-state index in [-0.39, 0.29) is 12.5 Å². The first-order valence-corrected chi connectivity index (χ1v) is 13.2. The van der Waals surface area contributed by atoms with Gasteiger partial charge in [-0.05, 0) is 49.1 Å². The van der Waals surface area contributed by atoms with Crippen LogP contribution in [-0.2, 0) is 32.6 Å². The number of halogens is 1. The average Bonchev–Trinajstić information content (AvgIpc) is 2.79. The lowest BCUT2D eigenvalue weighted by molar-refractivity contribution is -0.139. The Morgan fingerprint density at radius 2 is 1.70 bits per heavy atom. The van der Waals surface area contributed by atoms with Gasteiger partial charge in [0.05, 0.1) is 11.9 Å². The van der Waals surface area contributed by atoms with Crippen molar-refractivity contribution in [2.45, 2.75) is 46.2 Å². The standard InChI is InChI=1S/C24H32ClN3O4S/c1-5-15-26-24(30)18(3)27(16-19-11-13-21(25)14-12-19)23(29)17-28(33(4,31)32)22-10-8-7-9-20(22)6-2/h7-14,18H,5-6,15-17H2,1-4H3,(H,26,30)/t18-/m0/s1. The van der Waals surface area contributed by atoms with E-state index in [2.05, 4.69) is 5.32 Å². The molecule has 0 saturated carbocycles. The van der Waals surface area contributed by atoms with Crippen molar-refractivity contribution in [3.8, 4) is 0 Å². The molecule has 0 heterocycles. The van der Waals surface area contributed by atoms with Crippen molar-refractivity contribution in [1.29, 1.82) is 0 Å².